The van der Waals surface area contributed by atoms with Crippen molar-refractivity contribution in [3.8, 4) is 0 Å². The van der Waals surface area contributed by atoms with E-state index in [2.05, 4.69) is 16.0 Å². The molecule has 4 amide bonds. The molecule has 6 unspecified atom stereocenters. The summed E-state index contributed by atoms with van der Waals surface area (Å²) in [6.07, 6.45) is -3.21. The number of carbonyl (C=O) groups is 5. The second kappa shape index (κ2) is 14.0. The SMILES string of the molecule is CC(O)C(N)C(=O)NC(C(=O)NC(Cc1ccccc1)C(=O)NC(CCC(N)=O)C(=O)O)C(C)O. The van der Waals surface area contributed by atoms with Gasteiger partial charge < -0.3 is 42.7 Å². The Morgan fingerprint density at radius 3 is 1.91 bits per heavy atom. The van der Waals surface area contributed by atoms with Gasteiger partial charge in [0.15, 0.2) is 0 Å². The number of amides is 4. The Bertz CT molecular complexity index is 893. The number of aliphatic hydroxyl groups is 2. The number of carboxylic acid groups (broad SMARTS) is 1. The third kappa shape index (κ3) is 10.1. The number of aliphatic carboxylic acids is 1. The highest BCUT2D eigenvalue weighted by Gasteiger charge is 2.33. The number of aliphatic hydroxyl groups excluding tert-OH is 2. The van der Waals surface area contributed by atoms with Gasteiger partial charge in [-0.05, 0) is 25.8 Å². The molecule has 35 heavy (non-hydrogen) atoms. The summed E-state index contributed by atoms with van der Waals surface area (Å²) in [5, 5.41) is 35.8. The maximum Gasteiger partial charge on any atom is 0.326 e. The minimum atomic E-state index is -1.52. The van der Waals surface area contributed by atoms with Gasteiger partial charge in [-0.3, -0.25) is 19.2 Å². The first-order valence-corrected chi connectivity index (χ1v) is 10.9. The lowest BCUT2D eigenvalue weighted by molar-refractivity contribution is -0.142. The summed E-state index contributed by atoms with van der Waals surface area (Å²) >= 11 is 0. The van der Waals surface area contributed by atoms with E-state index in [1.54, 1.807) is 30.3 Å². The smallest absolute Gasteiger partial charge is 0.326 e. The summed E-state index contributed by atoms with van der Waals surface area (Å²) in [5.41, 5.74) is 11.3. The third-order valence-corrected chi connectivity index (χ3v) is 5.09. The van der Waals surface area contributed by atoms with E-state index >= 15 is 0 Å². The highest BCUT2D eigenvalue weighted by molar-refractivity contribution is 5.94. The fourth-order valence-corrected chi connectivity index (χ4v) is 3.01. The van der Waals surface area contributed by atoms with Crippen molar-refractivity contribution in [3.63, 3.8) is 0 Å². The van der Waals surface area contributed by atoms with Crippen LogP contribution in [0.15, 0.2) is 30.3 Å². The predicted octanol–water partition coefficient (Wildman–Crippen LogP) is -2.88. The van der Waals surface area contributed by atoms with Crippen LogP contribution < -0.4 is 27.4 Å². The average molecular weight is 496 g/mol. The van der Waals surface area contributed by atoms with E-state index in [9.17, 15) is 39.3 Å². The van der Waals surface area contributed by atoms with Gasteiger partial charge in [-0.25, -0.2) is 4.79 Å². The molecule has 0 aliphatic heterocycles. The lowest BCUT2D eigenvalue weighted by Gasteiger charge is -2.27. The zero-order chi connectivity index (χ0) is 26.7. The Kier molecular flexibility index (Phi) is 11.8. The fourth-order valence-electron chi connectivity index (χ4n) is 3.01. The molecule has 1 aromatic carbocycles. The monoisotopic (exact) mass is 495 g/mol. The third-order valence-electron chi connectivity index (χ3n) is 5.09. The van der Waals surface area contributed by atoms with Crippen molar-refractivity contribution in [2.45, 2.75) is 69.5 Å². The molecule has 10 N–H and O–H groups in total. The molecule has 0 radical (unpaired) electrons. The number of hydrogen-bond donors (Lipinski definition) is 8. The molecular weight excluding hydrogens is 462 g/mol. The number of primary amides is 1. The van der Waals surface area contributed by atoms with Crippen LogP contribution in [0.25, 0.3) is 0 Å². The van der Waals surface area contributed by atoms with Gasteiger partial charge in [0.1, 0.15) is 24.2 Å². The Hall–Kier alpha value is -3.55. The van der Waals surface area contributed by atoms with Gasteiger partial charge in [-0.15, -0.1) is 0 Å². The normalized spacial score (nSPS) is 16.0. The van der Waals surface area contributed by atoms with E-state index in [4.69, 9.17) is 11.5 Å². The number of benzene rings is 1. The van der Waals surface area contributed by atoms with Crippen LogP contribution >= 0.6 is 0 Å². The number of rotatable bonds is 14. The topological polar surface area (TPSA) is 234 Å². The molecule has 0 aliphatic rings. The van der Waals surface area contributed by atoms with Gasteiger partial charge in [0.05, 0.1) is 12.2 Å². The van der Waals surface area contributed by atoms with Crippen molar-refractivity contribution in [2.24, 2.45) is 11.5 Å². The zero-order valence-electron chi connectivity index (χ0n) is 19.5. The molecule has 0 saturated carbocycles. The predicted molar refractivity (Wildman–Crippen MR) is 123 cm³/mol. The minimum absolute atomic E-state index is 0.0474. The Morgan fingerprint density at radius 2 is 1.43 bits per heavy atom. The summed E-state index contributed by atoms with van der Waals surface area (Å²) in [6.45, 7) is 2.51. The van der Waals surface area contributed by atoms with Gasteiger partial charge >= 0.3 is 5.97 Å². The van der Waals surface area contributed by atoms with Crippen LogP contribution in [0.1, 0.15) is 32.3 Å². The quantitative estimate of drug-likeness (QED) is 0.132. The molecule has 13 nitrogen and oxygen atoms in total. The van der Waals surface area contributed by atoms with Crippen molar-refractivity contribution in [3.05, 3.63) is 35.9 Å². The number of carbonyl (C=O) groups excluding carboxylic acids is 4. The van der Waals surface area contributed by atoms with E-state index in [1.807, 2.05) is 0 Å². The summed E-state index contributed by atoms with van der Waals surface area (Å²) in [5.74, 6) is -4.85. The van der Waals surface area contributed by atoms with Crippen molar-refractivity contribution < 1.29 is 39.3 Å². The molecule has 0 heterocycles. The summed E-state index contributed by atoms with van der Waals surface area (Å²) in [7, 11) is 0. The first kappa shape index (κ1) is 29.5. The highest BCUT2D eigenvalue weighted by Crippen LogP contribution is 2.07. The van der Waals surface area contributed by atoms with Gasteiger partial charge in [0.2, 0.25) is 23.6 Å². The van der Waals surface area contributed by atoms with E-state index in [-0.39, 0.29) is 19.3 Å². The minimum Gasteiger partial charge on any atom is -0.480 e. The molecular formula is C22H33N5O8. The zero-order valence-corrected chi connectivity index (χ0v) is 19.5. The van der Waals surface area contributed by atoms with E-state index in [0.29, 0.717) is 5.56 Å². The summed E-state index contributed by atoms with van der Waals surface area (Å²) in [4.78, 5) is 60.6. The second-order valence-electron chi connectivity index (χ2n) is 8.15. The molecule has 0 fully saturated rings. The molecule has 0 bridgehead atoms. The van der Waals surface area contributed by atoms with Crippen LogP contribution in [0.3, 0.4) is 0 Å². The van der Waals surface area contributed by atoms with E-state index < -0.39 is 66.0 Å². The molecule has 1 aromatic rings. The van der Waals surface area contributed by atoms with Crippen molar-refractivity contribution >= 4 is 29.6 Å². The number of nitrogens with two attached hydrogens (primary N) is 2. The van der Waals surface area contributed by atoms with Gasteiger partial charge in [0.25, 0.3) is 0 Å². The number of nitrogens with one attached hydrogen (secondary N) is 3. The van der Waals surface area contributed by atoms with Gasteiger partial charge in [0, 0.05) is 12.8 Å². The van der Waals surface area contributed by atoms with E-state index in [0.717, 1.165) is 0 Å². The lowest BCUT2D eigenvalue weighted by Crippen LogP contribution is -2.61. The van der Waals surface area contributed by atoms with Crippen molar-refractivity contribution in [1.29, 1.82) is 0 Å². The van der Waals surface area contributed by atoms with Crippen LogP contribution in [0.4, 0.5) is 0 Å². The van der Waals surface area contributed by atoms with Gasteiger partial charge in [-0.1, -0.05) is 30.3 Å². The molecule has 0 spiro atoms. The van der Waals surface area contributed by atoms with Crippen LogP contribution in [-0.2, 0) is 30.4 Å². The Labute approximate surface area is 202 Å². The van der Waals surface area contributed by atoms with Gasteiger partial charge in [-0.2, -0.15) is 0 Å². The lowest BCUT2D eigenvalue weighted by atomic mass is 10.0. The molecule has 0 aliphatic carbocycles. The second-order valence-corrected chi connectivity index (χ2v) is 8.15. The Balaban J connectivity index is 3.10. The molecule has 194 valence electrons. The fraction of sp³-hybridized carbons (Fsp3) is 0.500. The van der Waals surface area contributed by atoms with Crippen LogP contribution in [0, 0.1) is 0 Å². The van der Waals surface area contributed by atoms with Crippen LogP contribution in [0.2, 0.25) is 0 Å². The maximum atomic E-state index is 12.9. The average Bonchev–Trinajstić information content (AvgIpc) is 2.78. The summed E-state index contributed by atoms with van der Waals surface area (Å²) in [6, 6.07) is 2.88. The molecule has 13 heteroatoms. The van der Waals surface area contributed by atoms with Crippen LogP contribution in [-0.4, -0.2) is 81.3 Å². The molecule has 0 aromatic heterocycles. The standard InChI is InChI=1S/C22H33N5O8/c1-11(28)17(24)20(32)27-18(12(2)29)21(33)26-15(10-13-6-4-3-5-7-13)19(31)25-14(22(34)35)8-9-16(23)30/h3-7,11-12,14-15,17-18,28-29H,8-10,24H2,1-2H3,(H2,23,30)(H,25,31)(H,26,33)(H,27,32)(H,34,35). The number of carboxylic acids is 1. The molecule has 0 saturated heterocycles. The van der Waals surface area contributed by atoms with Crippen molar-refractivity contribution in [1.82, 2.24) is 16.0 Å². The van der Waals surface area contributed by atoms with Crippen molar-refractivity contribution in [2.75, 3.05) is 0 Å². The first-order chi connectivity index (χ1) is 16.3. The maximum absolute atomic E-state index is 12.9. The van der Waals surface area contributed by atoms with Crippen LogP contribution in [0.5, 0.6) is 0 Å². The van der Waals surface area contributed by atoms with E-state index in [1.165, 1.54) is 13.8 Å². The summed E-state index contributed by atoms with van der Waals surface area (Å²) < 4.78 is 0. The Morgan fingerprint density at radius 1 is 0.857 bits per heavy atom. The largest absolute Gasteiger partial charge is 0.480 e. The highest BCUT2D eigenvalue weighted by atomic mass is 16.4. The first-order valence-electron chi connectivity index (χ1n) is 10.9. The molecule has 6 atom stereocenters. The molecule has 1 rings (SSSR count). The number of hydrogen-bond acceptors (Lipinski definition) is 8.